The zero-order valence-electron chi connectivity index (χ0n) is 43.3. The van der Waals surface area contributed by atoms with Crippen LogP contribution in [0.2, 0.25) is 0 Å². The standard InChI is InChI=1S/C55H109N2O6P/c1-6-8-10-12-14-16-18-20-22-23-24-25-26-27-28-29-30-31-32-33-35-37-39-41-43-45-47-49-55(59)56-53(52-63-64(60,61)62-51-50-57(3,4)5)54(58)48-46-44-42-40-38-36-34-21-19-17-15-13-11-9-7-2/h24-25,27-28,53-54,58H,6-23,26,29-52H2,1-5H3,(H-,56,59,60,61)/b25-24-,28-27-. The van der Waals surface area contributed by atoms with Gasteiger partial charge in [0.15, 0.2) is 0 Å². The molecular formula is C55H109N2O6P. The van der Waals surface area contributed by atoms with Gasteiger partial charge in [-0.05, 0) is 44.9 Å². The number of amides is 1. The van der Waals surface area contributed by atoms with E-state index in [-0.39, 0.29) is 19.1 Å². The van der Waals surface area contributed by atoms with Crippen molar-refractivity contribution in [3.63, 3.8) is 0 Å². The van der Waals surface area contributed by atoms with E-state index in [2.05, 4.69) is 43.5 Å². The van der Waals surface area contributed by atoms with Crippen molar-refractivity contribution in [1.82, 2.24) is 5.32 Å². The lowest BCUT2D eigenvalue weighted by molar-refractivity contribution is -0.870. The monoisotopic (exact) mass is 925 g/mol. The molecule has 0 aromatic rings. The van der Waals surface area contributed by atoms with E-state index in [4.69, 9.17) is 9.05 Å². The topological polar surface area (TPSA) is 108 Å². The molecular weight excluding hydrogens is 816 g/mol. The second-order valence-corrected chi connectivity index (χ2v) is 21.7. The van der Waals surface area contributed by atoms with E-state index in [1.165, 1.54) is 199 Å². The molecule has 0 heterocycles. The van der Waals surface area contributed by atoms with Gasteiger partial charge in [-0.15, -0.1) is 0 Å². The first-order chi connectivity index (χ1) is 31.0. The minimum Gasteiger partial charge on any atom is -0.756 e. The molecule has 0 saturated carbocycles. The Balaban J connectivity index is 4.13. The first-order valence-corrected chi connectivity index (χ1v) is 29.1. The molecule has 0 aliphatic heterocycles. The van der Waals surface area contributed by atoms with Gasteiger partial charge in [-0.2, -0.15) is 0 Å². The van der Waals surface area contributed by atoms with Crippen molar-refractivity contribution in [3.05, 3.63) is 24.3 Å². The fourth-order valence-electron chi connectivity index (χ4n) is 8.31. The van der Waals surface area contributed by atoms with Gasteiger partial charge in [0.1, 0.15) is 13.2 Å². The molecule has 3 atom stereocenters. The van der Waals surface area contributed by atoms with Crippen LogP contribution in [-0.2, 0) is 18.4 Å². The number of aliphatic hydroxyl groups is 1. The smallest absolute Gasteiger partial charge is 0.268 e. The summed E-state index contributed by atoms with van der Waals surface area (Å²) in [5.74, 6) is -0.164. The number of unbranched alkanes of at least 4 members (excludes halogenated alkanes) is 34. The van der Waals surface area contributed by atoms with E-state index in [0.29, 0.717) is 23.9 Å². The second kappa shape index (κ2) is 47.1. The summed E-state index contributed by atoms with van der Waals surface area (Å²) >= 11 is 0. The molecule has 0 aromatic heterocycles. The van der Waals surface area contributed by atoms with Crippen molar-refractivity contribution in [1.29, 1.82) is 0 Å². The quantitative estimate of drug-likeness (QED) is 0.0272. The number of hydrogen-bond acceptors (Lipinski definition) is 6. The maximum absolute atomic E-state index is 13.0. The average molecular weight is 925 g/mol. The number of allylic oxidation sites excluding steroid dienone is 4. The molecule has 0 radical (unpaired) electrons. The molecule has 9 heteroatoms. The Morgan fingerprint density at radius 3 is 1.30 bits per heavy atom. The maximum Gasteiger partial charge on any atom is 0.268 e. The molecule has 0 rings (SSSR count). The van der Waals surface area contributed by atoms with Crippen molar-refractivity contribution in [2.75, 3.05) is 40.9 Å². The van der Waals surface area contributed by atoms with Gasteiger partial charge in [0, 0.05) is 6.42 Å². The van der Waals surface area contributed by atoms with Crippen molar-refractivity contribution in [3.8, 4) is 0 Å². The molecule has 0 spiro atoms. The molecule has 2 N–H and O–H groups in total. The number of quaternary nitrogens is 1. The fourth-order valence-corrected chi connectivity index (χ4v) is 9.03. The summed E-state index contributed by atoms with van der Waals surface area (Å²) in [6, 6.07) is -0.800. The number of phosphoric ester groups is 1. The molecule has 0 aliphatic rings. The summed E-state index contributed by atoms with van der Waals surface area (Å²) in [5.41, 5.74) is 0. The van der Waals surface area contributed by atoms with Gasteiger partial charge >= 0.3 is 0 Å². The van der Waals surface area contributed by atoms with Gasteiger partial charge in [0.05, 0.1) is 39.9 Å². The minimum atomic E-state index is -4.57. The van der Waals surface area contributed by atoms with E-state index in [0.717, 1.165) is 44.9 Å². The SMILES string of the molecule is CCCCCCCCCCC/C=C\C/C=C\CCCCCCCCCCCCCC(=O)NC(COP(=O)([O-])OCC[N+](C)(C)C)C(O)CCCCCCCCCCCCCCCCC. The number of nitrogens with zero attached hydrogens (tertiary/aromatic N) is 1. The largest absolute Gasteiger partial charge is 0.756 e. The Hall–Kier alpha value is -1.02. The molecule has 0 aromatic carbocycles. The Labute approximate surface area is 398 Å². The summed E-state index contributed by atoms with van der Waals surface area (Å²) in [6.45, 7) is 4.75. The first kappa shape index (κ1) is 63.0. The Morgan fingerprint density at radius 2 is 0.906 bits per heavy atom. The van der Waals surface area contributed by atoms with Gasteiger partial charge in [0.25, 0.3) is 7.82 Å². The van der Waals surface area contributed by atoms with Gasteiger partial charge in [0.2, 0.25) is 5.91 Å². The van der Waals surface area contributed by atoms with Gasteiger partial charge in [-0.3, -0.25) is 9.36 Å². The van der Waals surface area contributed by atoms with E-state index < -0.39 is 20.0 Å². The van der Waals surface area contributed by atoms with Crippen molar-refractivity contribution < 1.29 is 32.9 Å². The predicted molar refractivity (Wildman–Crippen MR) is 275 cm³/mol. The number of likely N-dealkylation sites (N-methyl/N-ethyl adjacent to an activating group) is 1. The highest BCUT2D eigenvalue weighted by atomic mass is 31.2. The number of rotatable bonds is 51. The molecule has 1 amide bonds. The number of carbonyl (C=O) groups is 1. The zero-order chi connectivity index (χ0) is 47.1. The number of carbonyl (C=O) groups excluding carboxylic acids is 1. The summed E-state index contributed by atoms with van der Waals surface area (Å²) in [7, 11) is 1.31. The molecule has 0 aliphatic carbocycles. The van der Waals surface area contributed by atoms with Crippen LogP contribution in [0.1, 0.15) is 271 Å². The summed E-state index contributed by atoms with van der Waals surface area (Å²) in [4.78, 5) is 25.5. The Bertz CT molecular complexity index is 1090. The third kappa shape index (κ3) is 48.9. The number of phosphoric acid groups is 1. The minimum absolute atomic E-state index is 0.0130. The van der Waals surface area contributed by atoms with E-state index >= 15 is 0 Å². The maximum atomic E-state index is 13.0. The van der Waals surface area contributed by atoms with Crippen LogP contribution in [0.15, 0.2) is 24.3 Å². The van der Waals surface area contributed by atoms with Gasteiger partial charge < -0.3 is 28.8 Å². The van der Waals surface area contributed by atoms with Crippen LogP contribution in [0.3, 0.4) is 0 Å². The molecule has 8 nitrogen and oxygen atoms in total. The highest BCUT2D eigenvalue weighted by molar-refractivity contribution is 7.45. The van der Waals surface area contributed by atoms with Crippen LogP contribution >= 0.6 is 7.82 Å². The lowest BCUT2D eigenvalue weighted by atomic mass is 10.0. The van der Waals surface area contributed by atoms with Crippen LogP contribution in [0.5, 0.6) is 0 Å². The first-order valence-electron chi connectivity index (χ1n) is 27.7. The lowest BCUT2D eigenvalue weighted by Crippen LogP contribution is -2.46. The third-order valence-electron chi connectivity index (χ3n) is 12.7. The summed E-state index contributed by atoms with van der Waals surface area (Å²) in [6.07, 6.45) is 57.7. The van der Waals surface area contributed by atoms with Gasteiger partial charge in [-0.25, -0.2) is 0 Å². The second-order valence-electron chi connectivity index (χ2n) is 20.3. The fraction of sp³-hybridized carbons (Fsp3) is 0.909. The van der Waals surface area contributed by atoms with Crippen LogP contribution in [0, 0.1) is 0 Å². The predicted octanol–water partition coefficient (Wildman–Crippen LogP) is 15.8. The molecule has 0 fully saturated rings. The normalized spacial score (nSPS) is 14.2. The lowest BCUT2D eigenvalue weighted by Gasteiger charge is -2.30. The van der Waals surface area contributed by atoms with E-state index in [1.54, 1.807) is 0 Å². The van der Waals surface area contributed by atoms with E-state index in [9.17, 15) is 19.4 Å². The molecule has 64 heavy (non-hydrogen) atoms. The molecule has 380 valence electrons. The highest BCUT2D eigenvalue weighted by Crippen LogP contribution is 2.38. The third-order valence-corrected chi connectivity index (χ3v) is 13.7. The summed E-state index contributed by atoms with van der Waals surface area (Å²) < 4.78 is 23.4. The molecule has 3 unspecified atom stereocenters. The van der Waals surface area contributed by atoms with Crippen molar-refractivity contribution in [2.24, 2.45) is 0 Å². The average Bonchev–Trinajstić information content (AvgIpc) is 3.25. The van der Waals surface area contributed by atoms with Crippen LogP contribution < -0.4 is 10.2 Å². The van der Waals surface area contributed by atoms with Gasteiger partial charge in [-0.1, -0.05) is 244 Å². The van der Waals surface area contributed by atoms with Crippen LogP contribution in [0.4, 0.5) is 0 Å². The molecule has 0 saturated heterocycles. The highest BCUT2D eigenvalue weighted by Gasteiger charge is 2.24. The Kier molecular flexibility index (Phi) is 46.3. The Morgan fingerprint density at radius 1 is 0.547 bits per heavy atom. The van der Waals surface area contributed by atoms with Crippen LogP contribution in [0.25, 0.3) is 0 Å². The number of aliphatic hydroxyl groups excluding tert-OH is 1. The number of nitrogens with one attached hydrogen (secondary N) is 1. The van der Waals surface area contributed by atoms with E-state index in [1.807, 2.05) is 21.1 Å². The van der Waals surface area contributed by atoms with Crippen molar-refractivity contribution in [2.45, 2.75) is 283 Å². The van der Waals surface area contributed by atoms with Crippen LogP contribution in [-0.4, -0.2) is 68.5 Å². The van der Waals surface area contributed by atoms with Crippen molar-refractivity contribution >= 4 is 13.7 Å². The zero-order valence-corrected chi connectivity index (χ0v) is 44.1. The summed E-state index contributed by atoms with van der Waals surface area (Å²) in [5, 5.41) is 14.0. The molecule has 0 bridgehead atoms. The number of hydrogen-bond donors (Lipinski definition) is 2.